The van der Waals surface area contributed by atoms with E-state index in [2.05, 4.69) is 6.07 Å². The highest BCUT2D eigenvalue weighted by molar-refractivity contribution is 7.17. The first-order chi connectivity index (χ1) is 6.90. The molecule has 0 bridgehead atoms. The maximum Gasteiger partial charge on any atom is 0.327 e. The Bertz CT molecular complexity index is 454. The van der Waals surface area contributed by atoms with Crippen molar-refractivity contribution in [1.82, 2.24) is 0 Å². The third kappa shape index (κ3) is 1.98. The van der Waals surface area contributed by atoms with E-state index in [9.17, 15) is 4.57 Å². The van der Waals surface area contributed by atoms with Crippen molar-refractivity contribution < 1.29 is 9.09 Å². The van der Waals surface area contributed by atoms with Gasteiger partial charge in [0.05, 0.1) is 6.61 Å². The summed E-state index contributed by atoms with van der Waals surface area (Å²) in [7, 11) is -0.269. The lowest BCUT2D eigenvalue weighted by atomic mass is 10.1. The van der Waals surface area contributed by atoms with Crippen LogP contribution >= 0.6 is 8.69 Å². The minimum Gasteiger partial charge on any atom is -0.290 e. The van der Waals surface area contributed by atoms with Gasteiger partial charge in [-0.15, -0.1) is 0 Å². The fourth-order valence-electron chi connectivity index (χ4n) is 1.43. The molecular weight excluding hydrogens is 195 g/mol. The average Bonchev–Trinajstić information content (AvgIpc) is 2.26. The Labute approximate surface area is 83.8 Å². The molecule has 2 aromatic carbocycles. The minimum absolute atomic E-state index is 0.269. The van der Waals surface area contributed by atoms with Gasteiger partial charge in [0, 0.05) is 0 Å². The van der Waals surface area contributed by atoms with E-state index < -0.39 is 0 Å². The molecule has 0 amide bonds. The number of hydrogen-bond donors (Lipinski definition) is 0. The summed E-state index contributed by atoms with van der Waals surface area (Å²) in [5, 5.41) is 2.38. The molecule has 0 aliphatic carbocycles. The number of hydrogen-bond acceptors (Lipinski definition) is 2. The fourth-order valence-corrected chi connectivity index (χ4v) is 1.63. The van der Waals surface area contributed by atoms with Crippen LogP contribution in [0.2, 0.25) is 0 Å². The van der Waals surface area contributed by atoms with Crippen LogP contribution in [0.4, 0.5) is 0 Å². The normalized spacial score (nSPS) is 10.9. The summed E-state index contributed by atoms with van der Waals surface area (Å²) in [6.07, 6.45) is 0. The SMILES string of the molecule is O=POCc1ccc2ccccc2c1. The number of rotatable bonds is 3. The molecule has 70 valence electrons. The second-order valence-corrected chi connectivity index (χ2v) is 3.44. The van der Waals surface area contributed by atoms with Crippen molar-refractivity contribution in [2.24, 2.45) is 0 Å². The van der Waals surface area contributed by atoms with Crippen LogP contribution in [0.1, 0.15) is 5.56 Å². The van der Waals surface area contributed by atoms with E-state index in [4.69, 9.17) is 4.52 Å². The summed E-state index contributed by atoms with van der Waals surface area (Å²) >= 11 is 0. The van der Waals surface area contributed by atoms with Gasteiger partial charge >= 0.3 is 8.69 Å². The highest BCUT2D eigenvalue weighted by atomic mass is 31.1. The standard InChI is InChI=1S/C11H9O2P/c12-14-13-8-9-5-6-10-3-1-2-4-11(10)7-9/h1-7H,8H2. The molecule has 0 fully saturated rings. The Morgan fingerprint density at radius 1 is 1.07 bits per heavy atom. The predicted molar refractivity (Wildman–Crippen MR) is 56.3 cm³/mol. The molecule has 0 aromatic heterocycles. The molecule has 3 heteroatoms. The van der Waals surface area contributed by atoms with E-state index in [-0.39, 0.29) is 8.69 Å². The van der Waals surface area contributed by atoms with Crippen LogP contribution < -0.4 is 0 Å². The lowest BCUT2D eigenvalue weighted by molar-refractivity contribution is 0.333. The fraction of sp³-hybridized carbons (Fsp3) is 0.0909. The van der Waals surface area contributed by atoms with Crippen molar-refractivity contribution in [2.45, 2.75) is 6.61 Å². The number of fused-ring (bicyclic) bond motifs is 1. The molecule has 0 spiro atoms. The van der Waals surface area contributed by atoms with Gasteiger partial charge in [-0.2, -0.15) is 0 Å². The van der Waals surface area contributed by atoms with E-state index in [1.165, 1.54) is 10.8 Å². The highest BCUT2D eigenvalue weighted by Gasteiger charge is 1.95. The molecular formula is C11H9O2P. The van der Waals surface area contributed by atoms with Gasteiger partial charge in [-0.3, -0.25) is 4.52 Å². The Balaban J connectivity index is 2.36. The van der Waals surface area contributed by atoms with Gasteiger partial charge in [0.15, 0.2) is 0 Å². The second-order valence-electron chi connectivity index (χ2n) is 3.03. The van der Waals surface area contributed by atoms with E-state index in [0.29, 0.717) is 6.61 Å². The van der Waals surface area contributed by atoms with Crippen LogP contribution in [0, 0.1) is 0 Å². The summed E-state index contributed by atoms with van der Waals surface area (Å²) in [4.78, 5) is 0. The quantitative estimate of drug-likeness (QED) is 0.714. The molecule has 0 aliphatic heterocycles. The molecule has 0 aliphatic rings. The van der Waals surface area contributed by atoms with Crippen LogP contribution in [0.15, 0.2) is 42.5 Å². The van der Waals surface area contributed by atoms with Crippen molar-refractivity contribution in [3.63, 3.8) is 0 Å². The zero-order valence-electron chi connectivity index (χ0n) is 7.51. The molecule has 14 heavy (non-hydrogen) atoms. The van der Waals surface area contributed by atoms with E-state index in [1.807, 2.05) is 36.4 Å². The van der Waals surface area contributed by atoms with Crippen LogP contribution in [0.3, 0.4) is 0 Å². The maximum absolute atomic E-state index is 10.1. The molecule has 0 radical (unpaired) electrons. The molecule has 0 N–H and O–H groups in total. The van der Waals surface area contributed by atoms with Gasteiger partial charge < -0.3 is 0 Å². The maximum atomic E-state index is 10.1. The van der Waals surface area contributed by atoms with Crippen LogP contribution in [0.25, 0.3) is 10.8 Å². The minimum atomic E-state index is -0.269. The largest absolute Gasteiger partial charge is 0.327 e. The van der Waals surface area contributed by atoms with Crippen molar-refractivity contribution >= 4 is 19.5 Å². The topological polar surface area (TPSA) is 26.3 Å². The predicted octanol–water partition coefficient (Wildman–Crippen LogP) is 3.56. The monoisotopic (exact) mass is 204 g/mol. The van der Waals surface area contributed by atoms with E-state index in [1.54, 1.807) is 0 Å². The van der Waals surface area contributed by atoms with E-state index >= 15 is 0 Å². The molecule has 2 aromatic rings. The van der Waals surface area contributed by atoms with Crippen LogP contribution in [0.5, 0.6) is 0 Å². The zero-order valence-corrected chi connectivity index (χ0v) is 8.41. The molecule has 0 saturated carbocycles. The zero-order chi connectivity index (χ0) is 9.80. The summed E-state index contributed by atoms with van der Waals surface area (Å²) in [5.74, 6) is 0. The van der Waals surface area contributed by atoms with Gasteiger partial charge in [0.1, 0.15) is 0 Å². The first-order valence-corrected chi connectivity index (χ1v) is 5.05. The highest BCUT2D eigenvalue weighted by Crippen LogP contribution is 2.16. The molecule has 2 nitrogen and oxygen atoms in total. The van der Waals surface area contributed by atoms with Crippen molar-refractivity contribution in [2.75, 3.05) is 0 Å². The Hall–Kier alpha value is -1.24. The van der Waals surface area contributed by atoms with Gasteiger partial charge in [0.2, 0.25) is 0 Å². The second kappa shape index (κ2) is 4.32. The van der Waals surface area contributed by atoms with Crippen molar-refractivity contribution in [1.29, 1.82) is 0 Å². The lowest BCUT2D eigenvalue weighted by Gasteiger charge is -2.00. The van der Waals surface area contributed by atoms with E-state index in [0.717, 1.165) is 5.56 Å². The summed E-state index contributed by atoms with van der Waals surface area (Å²) < 4.78 is 14.9. The van der Waals surface area contributed by atoms with Crippen LogP contribution in [-0.2, 0) is 15.7 Å². The lowest BCUT2D eigenvalue weighted by Crippen LogP contribution is -1.83. The number of benzene rings is 2. The van der Waals surface area contributed by atoms with Gasteiger partial charge in [-0.25, -0.2) is 4.57 Å². The summed E-state index contributed by atoms with van der Waals surface area (Å²) in [6.45, 7) is 0.385. The molecule has 0 heterocycles. The molecule has 0 saturated heterocycles. The third-order valence-electron chi connectivity index (χ3n) is 2.10. The van der Waals surface area contributed by atoms with Gasteiger partial charge in [-0.1, -0.05) is 36.4 Å². The van der Waals surface area contributed by atoms with Crippen LogP contribution in [-0.4, -0.2) is 0 Å². The van der Waals surface area contributed by atoms with Crippen molar-refractivity contribution in [3.8, 4) is 0 Å². The molecule has 2 rings (SSSR count). The summed E-state index contributed by atoms with van der Waals surface area (Å²) in [6, 6.07) is 14.2. The summed E-state index contributed by atoms with van der Waals surface area (Å²) in [5.41, 5.74) is 1.03. The molecule has 0 atom stereocenters. The van der Waals surface area contributed by atoms with Gasteiger partial charge in [-0.05, 0) is 22.4 Å². The average molecular weight is 204 g/mol. The first kappa shape index (κ1) is 9.32. The smallest absolute Gasteiger partial charge is 0.290 e. The Kier molecular flexibility index (Phi) is 2.87. The Morgan fingerprint density at radius 2 is 1.86 bits per heavy atom. The van der Waals surface area contributed by atoms with Crippen molar-refractivity contribution in [3.05, 3.63) is 48.0 Å². The Morgan fingerprint density at radius 3 is 2.64 bits per heavy atom. The third-order valence-corrected chi connectivity index (χ3v) is 2.33. The van der Waals surface area contributed by atoms with Gasteiger partial charge in [0.25, 0.3) is 0 Å². The molecule has 0 unspecified atom stereocenters. The first-order valence-electron chi connectivity index (χ1n) is 4.32.